The van der Waals surface area contributed by atoms with E-state index in [-0.39, 0.29) is 11.6 Å². The lowest BCUT2D eigenvalue weighted by molar-refractivity contribution is 0.0500. The Morgan fingerprint density at radius 3 is 2.95 bits per heavy atom. The Morgan fingerprint density at radius 1 is 1.52 bits per heavy atom. The number of H-pyrrole nitrogens is 1. The normalized spacial score (nSPS) is 19.2. The zero-order chi connectivity index (χ0) is 15.5. The van der Waals surface area contributed by atoms with Crippen molar-refractivity contribution in [2.24, 2.45) is 0 Å². The summed E-state index contributed by atoms with van der Waals surface area (Å²) in [6.45, 7) is 6.79. The third kappa shape index (κ3) is 4.47. The molecular formula is C14H22N4O3. The standard InChI is InChI=1S/C14H22N4O3/c1-14(2,3)21-13(20)17-10-5-4-8-18(9-10)11-12(19)16-7-6-15-11/h6-7,10H,4-5,8-9H2,1-3H3,(H,16,19)(H,17,20)/t10-/m1/s1. The number of carbonyl (C=O) groups excluding carboxylic acids is 1. The first-order valence-corrected chi connectivity index (χ1v) is 7.13. The number of rotatable bonds is 2. The van der Waals surface area contributed by atoms with Crippen LogP contribution in [0.15, 0.2) is 17.2 Å². The molecule has 0 aromatic carbocycles. The van der Waals surface area contributed by atoms with E-state index in [2.05, 4.69) is 15.3 Å². The molecule has 7 nitrogen and oxygen atoms in total. The predicted molar refractivity (Wildman–Crippen MR) is 79.5 cm³/mol. The van der Waals surface area contributed by atoms with Gasteiger partial charge in [-0.1, -0.05) is 0 Å². The van der Waals surface area contributed by atoms with Crippen LogP contribution in [-0.4, -0.2) is 40.8 Å². The second kappa shape index (κ2) is 6.15. The SMILES string of the molecule is CC(C)(C)OC(=O)N[C@@H]1CCCN(c2ncc[nH]c2=O)C1. The summed E-state index contributed by atoms with van der Waals surface area (Å²) in [5, 5.41) is 2.85. The zero-order valence-electron chi connectivity index (χ0n) is 12.7. The first-order chi connectivity index (χ1) is 9.85. The Hall–Kier alpha value is -2.05. The molecule has 1 aliphatic heterocycles. The molecule has 0 unspecified atom stereocenters. The molecule has 0 radical (unpaired) electrons. The zero-order valence-corrected chi connectivity index (χ0v) is 12.7. The van der Waals surface area contributed by atoms with Gasteiger partial charge in [-0.3, -0.25) is 4.79 Å². The minimum atomic E-state index is -0.517. The Balaban J connectivity index is 1.97. The quantitative estimate of drug-likeness (QED) is 0.857. The van der Waals surface area contributed by atoms with Gasteiger partial charge >= 0.3 is 6.09 Å². The molecule has 116 valence electrons. The van der Waals surface area contributed by atoms with Crippen molar-refractivity contribution in [3.63, 3.8) is 0 Å². The van der Waals surface area contributed by atoms with Crippen molar-refractivity contribution in [3.8, 4) is 0 Å². The number of anilines is 1. The van der Waals surface area contributed by atoms with Crippen molar-refractivity contribution >= 4 is 11.9 Å². The van der Waals surface area contributed by atoms with E-state index >= 15 is 0 Å². The summed E-state index contributed by atoms with van der Waals surface area (Å²) < 4.78 is 5.25. The van der Waals surface area contributed by atoms with Crippen LogP contribution in [0, 0.1) is 0 Å². The van der Waals surface area contributed by atoms with Crippen LogP contribution in [0.25, 0.3) is 0 Å². The van der Waals surface area contributed by atoms with Crippen molar-refractivity contribution < 1.29 is 9.53 Å². The van der Waals surface area contributed by atoms with Crippen LogP contribution in [-0.2, 0) is 4.74 Å². The molecule has 21 heavy (non-hydrogen) atoms. The molecule has 2 heterocycles. The summed E-state index contributed by atoms with van der Waals surface area (Å²) in [4.78, 5) is 32.2. The number of hydrogen-bond acceptors (Lipinski definition) is 5. The van der Waals surface area contributed by atoms with Gasteiger partial charge in [0.1, 0.15) is 5.60 Å². The maximum Gasteiger partial charge on any atom is 0.407 e. The van der Waals surface area contributed by atoms with Gasteiger partial charge in [0.25, 0.3) is 5.56 Å². The third-order valence-electron chi connectivity index (χ3n) is 3.13. The van der Waals surface area contributed by atoms with Crippen molar-refractivity contribution in [2.45, 2.75) is 45.3 Å². The summed E-state index contributed by atoms with van der Waals surface area (Å²) in [5.41, 5.74) is -0.730. The number of nitrogens with one attached hydrogen (secondary N) is 2. The topological polar surface area (TPSA) is 87.3 Å². The smallest absolute Gasteiger partial charge is 0.407 e. The fraction of sp³-hybridized carbons (Fsp3) is 0.643. The number of aromatic amines is 1. The van der Waals surface area contributed by atoms with Gasteiger partial charge in [0.15, 0.2) is 5.82 Å². The first kappa shape index (κ1) is 15.3. The largest absolute Gasteiger partial charge is 0.444 e. The average Bonchev–Trinajstić information content (AvgIpc) is 2.37. The highest BCUT2D eigenvalue weighted by Crippen LogP contribution is 2.15. The molecule has 7 heteroatoms. The molecule has 0 bridgehead atoms. The monoisotopic (exact) mass is 294 g/mol. The summed E-state index contributed by atoms with van der Waals surface area (Å²) in [7, 11) is 0. The van der Waals surface area contributed by atoms with E-state index in [1.165, 1.54) is 6.20 Å². The Kier molecular flexibility index (Phi) is 4.50. The van der Waals surface area contributed by atoms with Gasteiger partial charge in [-0.2, -0.15) is 0 Å². The molecule has 1 aliphatic rings. The number of ether oxygens (including phenoxy) is 1. The summed E-state index contributed by atoms with van der Waals surface area (Å²) in [6.07, 6.45) is 4.38. The van der Waals surface area contributed by atoms with Crippen LogP contribution < -0.4 is 15.8 Å². The van der Waals surface area contributed by atoms with Crippen LogP contribution in [0.4, 0.5) is 10.6 Å². The van der Waals surface area contributed by atoms with Gasteiger partial charge in [-0.25, -0.2) is 9.78 Å². The maximum atomic E-state index is 11.8. The van der Waals surface area contributed by atoms with E-state index in [0.29, 0.717) is 12.4 Å². The molecule has 0 aliphatic carbocycles. The number of nitrogens with zero attached hydrogens (tertiary/aromatic N) is 2. The van der Waals surface area contributed by atoms with Crippen LogP contribution in [0.3, 0.4) is 0 Å². The number of aromatic nitrogens is 2. The van der Waals surface area contributed by atoms with Crippen molar-refractivity contribution in [2.75, 3.05) is 18.0 Å². The first-order valence-electron chi connectivity index (χ1n) is 7.13. The lowest BCUT2D eigenvalue weighted by Gasteiger charge is -2.33. The molecule has 1 aromatic heterocycles. The Labute approximate surface area is 123 Å². The lowest BCUT2D eigenvalue weighted by atomic mass is 10.1. The van der Waals surface area contributed by atoms with Crippen molar-refractivity contribution in [1.29, 1.82) is 0 Å². The number of alkyl carbamates (subject to hydrolysis) is 1. The van der Waals surface area contributed by atoms with Crippen LogP contribution in [0.5, 0.6) is 0 Å². The predicted octanol–water partition coefficient (Wildman–Crippen LogP) is 1.26. The highest BCUT2D eigenvalue weighted by atomic mass is 16.6. The van der Waals surface area contributed by atoms with Crippen LogP contribution >= 0.6 is 0 Å². The Morgan fingerprint density at radius 2 is 2.29 bits per heavy atom. The number of amides is 1. The second-order valence-electron chi connectivity index (χ2n) is 6.17. The van der Waals surface area contributed by atoms with E-state index in [4.69, 9.17) is 4.74 Å². The highest BCUT2D eigenvalue weighted by Gasteiger charge is 2.25. The van der Waals surface area contributed by atoms with Gasteiger partial charge in [-0.15, -0.1) is 0 Å². The van der Waals surface area contributed by atoms with E-state index in [1.54, 1.807) is 6.20 Å². The molecule has 1 fully saturated rings. The van der Waals surface area contributed by atoms with Gasteiger partial charge in [-0.05, 0) is 33.6 Å². The minimum absolute atomic E-state index is 0.0463. The van der Waals surface area contributed by atoms with E-state index < -0.39 is 11.7 Å². The van der Waals surface area contributed by atoms with Crippen LogP contribution in [0.1, 0.15) is 33.6 Å². The van der Waals surface area contributed by atoms with Crippen LogP contribution in [0.2, 0.25) is 0 Å². The molecule has 2 rings (SSSR count). The fourth-order valence-corrected chi connectivity index (χ4v) is 2.33. The van der Waals surface area contributed by atoms with Crippen molar-refractivity contribution in [1.82, 2.24) is 15.3 Å². The van der Waals surface area contributed by atoms with Gasteiger partial charge < -0.3 is 19.9 Å². The molecule has 1 amide bonds. The highest BCUT2D eigenvalue weighted by molar-refractivity contribution is 5.68. The minimum Gasteiger partial charge on any atom is -0.444 e. The average molecular weight is 294 g/mol. The number of hydrogen-bond donors (Lipinski definition) is 2. The molecule has 1 saturated heterocycles. The molecule has 2 N–H and O–H groups in total. The molecule has 1 aromatic rings. The Bertz CT molecular complexity index is 550. The van der Waals surface area contributed by atoms with E-state index in [1.807, 2.05) is 25.7 Å². The van der Waals surface area contributed by atoms with Gasteiger partial charge in [0.2, 0.25) is 0 Å². The van der Waals surface area contributed by atoms with E-state index in [9.17, 15) is 9.59 Å². The third-order valence-corrected chi connectivity index (χ3v) is 3.13. The molecule has 0 saturated carbocycles. The van der Waals surface area contributed by atoms with E-state index in [0.717, 1.165) is 19.4 Å². The summed E-state index contributed by atoms with van der Waals surface area (Å²) in [6, 6.07) is -0.0463. The van der Waals surface area contributed by atoms with Gasteiger partial charge in [0, 0.05) is 31.5 Å². The fourth-order valence-electron chi connectivity index (χ4n) is 2.33. The molecule has 1 atom stereocenters. The molecular weight excluding hydrogens is 272 g/mol. The van der Waals surface area contributed by atoms with Crippen molar-refractivity contribution in [3.05, 3.63) is 22.7 Å². The summed E-state index contributed by atoms with van der Waals surface area (Å²) >= 11 is 0. The molecule has 0 spiro atoms. The number of piperidine rings is 1. The lowest BCUT2D eigenvalue weighted by Crippen LogP contribution is -2.50. The van der Waals surface area contributed by atoms with Gasteiger partial charge in [0.05, 0.1) is 0 Å². The second-order valence-corrected chi connectivity index (χ2v) is 6.17. The number of carbonyl (C=O) groups is 1. The maximum absolute atomic E-state index is 11.8. The summed E-state index contributed by atoms with van der Waals surface area (Å²) in [5.74, 6) is 0.396.